The molecule has 1 aromatic heterocycles. The summed E-state index contributed by atoms with van der Waals surface area (Å²) in [5.74, 6) is -1.62. The number of imidazole rings is 1. The van der Waals surface area contributed by atoms with Gasteiger partial charge in [-0.15, -0.1) is 0 Å². The number of halogens is 3. The molecule has 2 aromatic carbocycles. The van der Waals surface area contributed by atoms with Gasteiger partial charge in [-0.2, -0.15) is 13.2 Å². The third kappa shape index (κ3) is 3.50. The number of para-hydroxylation sites is 2. The van der Waals surface area contributed by atoms with Crippen molar-refractivity contribution < 1.29 is 18.0 Å². The molecule has 4 nitrogen and oxygen atoms in total. The molecule has 0 radical (unpaired) electrons. The lowest BCUT2D eigenvalue weighted by Gasteiger charge is -2.13. The summed E-state index contributed by atoms with van der Waals surface area (Å²) in [4.78, 5) is 16.0. The molecule has 7 heteroatoms. The average molecular weight is 347 g/mol. The fraction of sp³-hybridized carbons (Fsp3) is 0.222. The van der Waals surface area contributed by atoms with Crippen molar-refractivity contribution in [3.63, 3.8) is 0 Å². The van der Waals surface area contributed by atoms with Crippen LogP contribution in [0.4, 0.5) is 18.9 Å². The molecule has 3 aromatic rings. The molecule has 1 N–H and O–H groups in total. The van der Waals surface area contributed by atoms with Crippen LogP contribution in [-0.4, -0.2) is 15.5 Å². The summed E-state index contributed by atoms with van der Waals surface area (Å²) in [5.41, 5.74) is 2.85. The van der Waals surface area contributed by atoms with Crippen LogP contribution in [0.15, 0.2) is 42.5 Å². The number of fused-ring (bicyclic) bond motifs is 1. The second kappa shape index (κ2) is 6.23. The van der Waals surface area contributed by atoms with Crippen LogP contribution in [0.5, 0.6) is 0 Å². The fourth-order valence-electron chi connectivity index (χ4n) is 2.66. The van der Waals surface area contributed by atoms with E-state index in [1.165, 1.54) is 12.1 Å². The molecule has 3 rings (SSSR count). The summed E-state index contributed by atoms with van der Waals surface area (Å²) in [7, 11) is 0. The van der Waals surface area contributed by atoms with Crippen LogP contribution in [0.2, 0.25) is 0 Å². The van der Waals surface area contributed by atoms with E-state index in [0.717, 1.165) is 15.7 Å². The first-order valence-electron chi connectivity index (χ1n) is 7.65. The molecule has 1 amide bonds. The van der Waals surface area contributed by atoms with E-state index < -0.39 is 24.5 Å². The van der Waals surface area contributed by atoms with Gasteiger partial charge in [0.2, 0.25) is 11.7 Å². The topological polar surface area (TPSA) is 46.9 Å². The molecule has 0 spiro atoms. The summed E-state index contributed by atoms with van der Waals surface area (Å²) in [6.45, 7) is 3.23. The van der Waals surface area contributed by atoms with Gasteiger partial charge in [0.25, 0.3) is 0 Å². The molecule has 0 unspecified atom stereocenters. The third-order valence-corrected chi connectivity index (χ3v) is 3.88. The van der Waals surface area contributed by atoms with Gasteiger partial charge in [-0.3, -0.25) is 4.79 Å². The van der Waals surface area contributed by atoms with Gasteiger partial charge in [0.1, 0.15) is 6.54 Å². The van der Waals surface area contributed by atoms with Crippen molar-refractivity contribution in [3.05, 3.63) is 59.4 Å². The van der Waals surface area contributed by atoms with E-state index in [0.29, 0.717) is 5.69 Å². The van der Waals surface area contributed by atoms with Gasteiger partial charge >= 0.3 is 6.18 Å². The average Bonchev–Trinajstić information content (AvgIpc) is 2.90. The Labute approximate surface area is 142 Å². The minimum Gasteiger partial charge on any atom is -0.324 e. The number of nitrogens with zero attached hydrogens (tertiary/aromatic N) is 2. The van der Waals surface area contributed by atoms with Crippen LogP contribution in [0.1, 0.15) is 17.0 Å². The highest BCUT2D eigenvalue weighted by molar-refractivity contribution is 5.92. The molecule has 0 aliphatic carbocycles. The van der Waals surface area contributed by atoms with E-state index >= 15 is 0 Å². The number of rotatable bonds is 3. The van der Waals surface area contributed by atoms with E-state index in [1.54, 1.807) is 18.2 Å². The molecule has 0 atom stereocenters. The molecule has 0 aliphatic rings. The van der Waals surface area contributed by atoms with Gasteiger partial charge in [-0.05, 0) is 43.2 Å². The van der Waals surface area contributed by atoms with Crippen LogP contribution in [0.3, 0.4) is 0 Å². The van der Waals surface area contributed by atoms with Crippen molar-refractivity contribution in [1.29, 1.82) is 0 Å². The molecule has 25 heavy (non-hydrogen) atoms. The summed E-state index contributed by atoms with van der Waals surface area (Å²) in [5, 5.41) is 2.68. The SMILES string of the molecule is Cc1ccc(C)c(NC(=O)Cn2c(C(F)(F)F)nc3ccccc32)c1. The second-order valence-electron chi connectivity index (χ2n) is 5.87. The Kier molecular flexibility index (Phi) is 4.24. The third-order valence-electron chi connectivity index (χ3n) is 3.88. The summed E-state index contributed by atoms with van der Waals surface area (Å²) in [6.07, 6.45) is -4.64. The molecule has 0 saturated heterocycles. The minimum atomic E-state index is -4.64. The standard InChI is InChI=1S/C18H16F3N3O/c1-11-7-8-12(2)14(9-11)22-16(25)10-24-15-6-4-3-5-13(15)23-17(24)18(19,20)21/h3-9H,10H2,1-2H3,(H,22,25). The van der Waals surface area contributed by atoms with Gasteiger partial charge in [0.05, 0.1) is 11.0 Å². The van der Waals surface area contributed by atoms with Gasteiger partial charge in [0, 0.05) is 5.69 Å². The van der Waals surface area contributed by atoms with E-state index in [9.17, 15) is 18.0 Å². The quantitative estimate of drug-likeness (QED) is 0.767. The first-order valence-corrected chi connectivity index (χ1v) is 7.65. The van der Waals surface area contributed by atoms with E-state index in [2.05, 4.69) is 10.3 Å². The molecule has 130 valence electrons. The molecular weight excluding hydrogens is 331 g/mol. The van der Waals surface area contributed by atoms with Crippen molar-refractivity contribution in [2.24, 2.45) is 0 Å². The lowest BCUT2D eigenvalue weighted by Crippen LogP contribution is -2.23. The molecule has 0 aliphatic heterocycles. The predicted octanol–water partition coefficient (Wildman–Crippen LogP) is 4.31. The predicted molar refractivity (Wildman–Crippen MR) is 89.3 cm³/mol. The zero-order valence-electron chi connectivity index (χ0n) is 13.7. The second-order valence-corrected chi connectivity index (χ2v) is 5.87. The number of benzene rings is 2. The number of hydrogen-bond donors (Lipinski definition) is 1. The van der Waals surface area contributed by atoms with Crippen molar-refractivity contribution in [2.75, 3.05) is 5.32 Å². The zero-order chi connectivity index (χ0) is 18.2. The smallest absolute Gasteiger partial charge is 0.324 e. The Hall–Kier alpha value is -2.83. The monoisotopic (exact) mass is 347 g/mol. The van der Waals surface area contributed by atoms with Crippen LogP contribution in [0.25, 0.3) is 11.0 Å². The van der Waals surface area contributed by atoms with Gasteiger partial charge < -0.3 is 9.88 Å². The zero-order valence-corrected chi connectivity index (χ0v) is 13.7. The Balaban J connectivity index is 1.94. The van der Waals surface area contributed by atoms with Gasteiger partial charge in [-0.25, -0.2) is 4.98 Å². The lowest BCUT2D eigenvalue weighted by atomic mass is 10.1. The fourth-order valence-corrected chi connectivity index (χ4v) is 2.66. The Bertz CT molecular complexity index is 944. The first-order chi connectivity index (χ1) is 11.8. The molecular formula is C18H16F3N3O. The molecule has 1 heterocycles. The summed E-state index contributed by atoms with van der Waals surface area (Å²) < 4.78 is 40.7. The van der Waals surface area contributed by atoms with Crippen molar-refractivity contribution in [1.82, 2.24) is 9.55 Å². The first kappa shape index (κ1) is 17.0. The molecule has 0 bridgehead atoms. The van der Waals surface area contributed by atoms with Crippen LogP contribution < -0.4 is 5.32 Å². The minimum absolute atomic E-state index is 0.203. The van der Waals surface area contributed by atoms with Crippen LogP contribution in [-0.2, 0) is 17.5 Å². The van der Waals surface area contributed by atoms with Gasteiger partial charge in [0.15, 0.2) is 0 Å². The maximum absolute atomic E-state index is 13.3. The van der Waals surface area contributed by atoms with Crippen molar-refractivity contribution in [3.8, 4) is 0 Å². The number of hydrogen-bond acceptors (Lipinski definition) is 2. The van der Waals surface area contributed by atoms with E-state index in [-0.39, 0.29) is 11.0 Å². The number of aromatic nitrogens is 2. The van der Waals surface area contributed by atoms with Crippen LogP contribution >= 0.6 is 0 Å². The maximum Gasteiger partial charge on any atom is 0.449 e. The molecule has 0 saturated carbocycles. The largest absolute Gasteiger partial charge is 0.449 e. The summed E-state index contributed by atoms with van der Waals surface area (Å²) >= 11 is 0. The molecule has 0 fully saturated rings. The number of anilines is 1. The van der Waals surface area contributed by atoms with Crippen LogP contribution in [0, 0.1) is 13.8 Å². The number of alkyl halides is 3. The van der Waals surface area contributed by atoms with Crippen molar-refractivity contribution in [2.45, 2.75) is 26.6 Å². The Morgan fingerprint density at radius 2 is 1.88 bits per heavy atom. The summed E-state index contributed by atoms with van der Waals surface area (Å²) in [6, 6.07) is 11.8. The lowest BCUT2D eigenvalue weighted by molar-refractivity contribution is -0.147. The number of carbonyl (C=O) groups excluding carboxylic acids is 1. The number of aryl methyl sites for hydroxylation is 2. The highest BCUT2D eigenvalue weighted by atomic mass is 19.4. The van der Waals surface area contributed by atoms with E-state index in [4.69, 9.17) is 0 Å². The van der Waals surface area contributed by atoms with E-state index in [1.807, 2.05) is 26.0 Å². The number of amides is 1. The Morgan fingerprint density at radius 1 is 1.16 bits per heavy atom. The highest BCUT2D eigenvalue weighted by Gasteiger charge is 2.38. The van der Waals surface area contributed by atoms with Gasteiger partial charge in [-0.1, -0.05) is 24.3 Å². The normalized spacial score (nSPS) is 11.7. The Morgan fingerprint density at radius 3 is 2.60 bits per heavy atom. The highest BCUT2D eigenvalue weighted by Crippen LogP contribution is 2.31. The maximum atomic E-state index is 13.3. The number of carbonyl (C=O) groups is 1. The van der Waals surface area contributed by atoms with Crippen molar-refractivity contribution >= 4 is 22.6 Å². The number of nitrogens with one attached hydrogen (secondary N) is 1.